The van der Waals surface area contributed by atoms with Crippen LogP contribution < -0.4 is 11.1 Å². The van der Waals surface area contributed by atoms with Crippen LogP contribution in [0.25, 0.3) is 39.2 Å². The van der Waals surface area contributed by atoms with E-state index in [1.54, 1.807) is 36.2 Å². The van der Waals surface area contributed by atoms with E-state index in [-0.39, 0.29) is 23.2 Å². The maximum Gasteiger partial charge on any atom is 0.271 e. The molecule has 9 nitrogen and oxygen atoms in total. The van der Waals surface area contributed by atoms with E-state index in [9.17, 15) is 9.18 Å². The molecule has 0 fully saturated rings. The number of aromatic nitrogens is 5. The summed E-state index contributed by atoms with van der Waals surface area (Å²) >= 11 is 0. The highest BCUT2D eigenvalue weighted by atomic mass is 19.1. The van der Waals surface area contributed by atoms with Gasteiger partial charge in [0.2, 0.25) is 0 Å². The molecule has 1 amide bonds. The molecule has 0 atom stereocenters. The molecule has 2 aromatic carbocycles. The van der Waals surface area contributed by atoms with Gasteiger partial charge < -0.3 is 20.4 Å². The number of hydrogen-bond donors (Lipinski definition) is 2. The first-order chi connectivity index (χ1) is 16.5. The van der Waals surface area contributed by atoms with Gasteiger partial charge in [0, 0.05) is 38.0 Å². The van der Waals surface area contributed by atoms with Crippen molar-refractivity contribution < 1.29 is 13.9 Å². The second-order valence-corrected chi connectivity index (χ2v) is 7.83. The zero-order valence-electron chi connectivity index (χ0n) is 18.6. The predicted molar refractivity (Wildman–Crippen MR) is 127 cm³/mol. The van der Waals surface area contributed by atoms with Crippen LogP contribution in [0.3, 0.4) is 0 Å². The molecule has 5 aromatic rings. The van der Waals surface area contributed by atoms with Crippen LogP contribution in [0.5, 0.6) is 0 Å². The molecule has 34 heavy (non-hydrogen) atoms. The van der Waals surface area contributed by atoms with Crippen molar-refractivity contribution in [2.45, 2.75) is 0 Å². The number of nitrogens with two attached hydrogens (primary N) is 1. The molecule has 0 radical (unpaired) electrons. The molecule has 172 valence electrons. The number of ether oxygens (including phenoxy) is 1. The van der Waals surface area contributed by atoms with Gasteiger partial charge in [-0.2, -0.15) is 0 Å². The molecule has 0 aliphatic rings. The van der Waals surface area contributed by atoms with E-state index in [0.29, 0.717) is 35.8 Å². The standard InChI is InChI=1S/C24H22FN7O2/c1-31-13-28-17-8-5-15(11-19(17)31)21-20(14-3-6-16(25)7-4-14)30-22(26)23-29-18(12-32(21)23)24(33)27-9-10-34-2/h3-8,11-13H,9-10H2,1-2H3,(H2,26,30)(H,27,33). The number of halogens is 1. The SMILES string of the molecule is COCCNC(=O)c1cn2c(-c3ccc4ncn(C)c4c3)c(-c3ccc(F)cc3)nc(N)c2n1. The average molecular weight is 459 g/mol. The molecular formula is C24H22FN7O2. The Morgan fingerprint density at radius 1 is 1.15 bits per heavy atom. The van der Waals surface area contributed by atoms with Gasteiger partial charge in [-0.1, -0.05) is 6.07 Å². The van der Waals surface area contributed by atoms with Crippen LogP contribution in [0.4, 0.5) is 10.2 Å². The number of aryl methyl sites for hydroxylation is 1. The maximum absolute atomic E-state index is 13.6. The fourth-order valence-corrected chi connectivity index (χ4v) is 3.89. The number of anilines is 1. The van der Waals surface area contributed by atoms with Crippen LogP contribution in [0.1, 0.15) is 10.5 Å². The quantitative estimate of drug-likeness (QED) is 0.378. The molecule has 3 N–H and O–H groups in total. The van der Waals surface area contributed by atoms with Gasteiger partial charge in [0.15, 0.2) is 11.5 Å². The largest absolute Gasteiger partial charge is 0.383 e. The number of methoxy groups -OCH3 is 1. The lowest BCUT2D eigenvalue weighted by Crippen LogP contribution is -2.27. The number of fused-ring (bicyclic) bond motifs is 2. The number of imidazole rings is 2. The zero-order valence-corrected chi connectivity index (χ0v) is 18.6. The number of amides is 1. The normalized spacial score (nSPS) is 11.4. The molecule has 0 aliphatic heterocycles. The highest BCUT2D eigenvalue weighted by molar-refractivity contribution is 5.94. The highest BCUT2D eigenvalue weighted by Crippen LogP contribution is 2.34. The van der Waals surface area contributed by atoms with Crippen molar-refractivity contribution in [1.29, 1.82) is 0 Å². The molecule has 10 heteroatoms. The highest BCUT2D eigenvalue weighted by Gasteiger charge is 2.21. The summed E-state index contributed by atoms with van der Waals surface area (Å²) in [5.74, 6) is -0.551. The van der Waals surface area contributed by atoms with Crippen LogP contribution in [-0.4, -0.2) is 50.1 Å². The van der Waals surface area contributed by atoms with Crippen LogP contribution in [-0.2, 0) is 11.8 Å². The van der Waals surface area contributed by atoms with Gasteiger partial charge >= 0.3 is 0 Å². The molecule has 3 heterocycles. The van der Waals surface area contributed by atoms with Crippen LogP contribution in [0, 0.1) is 5.82 Å². The molecular weight excluding hydrogens is 437 g/mol. The summed E-state index contributed by atoms with van der Waals surface area (Å²) in [6.45, 7) is 0.731. The van der Waals surface area contributed by atoms with Gasteiger partial charge in [-0.25, -0.2) is 19.3 Å². The zero-order chi connectivity index (χ0) is 23.8. The van der Waals surface area contributed by atoms with Gasteiger partial charge in [0.1, 0.15) is 11.5 Å². The Morgan fingerprint density at radius 2 is 1.91 bits per heavy atom. The van der Waals surface area contributed by atoms with E-state index in [0.717, 1.165) is 16.6 Å². The van der Waals surface area contributed by atoms with Gasteiger partial charge in [-0.05, 0) is 36.4 Å². The third-order valence-electron chi connectivity index (χ3n) is 5.57. The van der Waals surface area contributed by atoms with Crippen molar-refractivity contribution in [3.63, 3.8) is 0 Å². The summed E-state index contributed by atoms with van der Waals surface area (Å²) in [6, 6.07) is 11.8. The number of carbonyl (C=O) groups excluding carboxylic acids is 1. The fraction of sp³-hybridized carbons (Fsp3) is 0.167. The molecule has 0 saturated carbocycles. The van der Waals surface area contributed by atoms with Crippen molar-refractivity contribution >= 4 is 28.4 Å². The lowest BCUT2D eigenvalue weighted by molar-refractivity contribution is 0.0932. The second-order valence-electron chi connectivity index (χ2n) is 7.83. The topological polar surface area (TPSA) is 112 Å². The molecule has 0 spiro atoms. The maximum atomic E-state index is 13.6. The summed E-state index contributed by atoms with van der Waals surface area (Å²) in [4.78, 5) is 26.1. The van der Waals surface area contributed by atoms with E-state index < -0.39 is 0 Å². The second kappa shape index (κ2) is 8.56. The minimum Gasteiger partial charge on any atom is -0.383 e. The van der Waals surface area contributed by atoms with Crippen molar-refractivity contribution in [3.8, 4) is 22.5 Å². The van der Waals surface area contributed by atoms with E-state index in [1.165, 1.54) is 12.1 Å². The van der Waals surface area contributed by atoms with E-state index in [2.05, 4.69) is 20.3 Å². The number of nitrogens with zero attached hydrogens (tertiary/aromatic N) is 5. The summed E-state index contributed by atoms with van der Waals surface area (Å²) in [7, 11) is 3.47. The monoisotopic (exact) mass is 459 g/mol. The number of hydrogen-bond acceptors (Lipinski definition) is 6. The Balaban J connectivity index is 1.75. The summed E-state index contributed by atoms with van der Waals surface area (Å²) in [5.41, 5.74) is 11.3. The van der Waals surface area contributed by atoms with Crippen molar-refractivity contribution in [2.75, 3.05) is 26.0 Å². The first kappa shape index (κ1) is 21.5. The van der Waals surface area contributed by atoms with E-state index in [1.807, 2.05) is 29.8 Å². The van der Waals surface area contributed by atoms with Gasteiger partial charge in [0.25, 0.3) is 5.91 Å². The Bertz CT molecular complexity index is 1520. The third kappa shape index (κ3) is 3.73. The fourth-order valence-electron chi connectivity index (χ4n) is 3.89. The predicted octanol–water partition coefficient (Wildman–Crippen LogP) is 3.05. The van der Waals surface area contributed by atoms with Crippen molar-refractivity contribution in [1.82, 2.24) is 29.2 Å². The van der Waals surface area contributed by atoms with E-state index in [4.69, 9.17) is 10.5 Å². The minimum absolute atomic E-state index is 0.153. The third-order valence-corrected chi connectivity index (χ3v) is 5.57. The number of rotatable bonds is 6. The molecule has 0 bridgehead atoms. The number of carbonyl (C=O) groups is 1. The summed E-state index contributed by atoms with van der Waals surface area (Å²) < 4.78 is 22.3. The molecule has 0 unspecified atom stereocenters. The lowest BCUT2D eigenvalue weighted by atomic mass is 10.0. The first-order valence-corrected chi connectivity index (χ1v) is 10.6. The Labute approximate surface area is 194 Å². The number of benzene rings is 2. The Morgan fingerprint density at radius 3 is 2.68 bits per heavy atom. The smallest absolute Gasteiger partial charge is 0.271 e. The Hall–Kier alpha value is -4.31. The van der Waals surface area contributed by atoms with Crippen molar-refractivity contribution in [2.24, 2.45) is 7.05 Å². The van der Waals surface area contributed by atoms with Crippen LogP contribution in [0.15, 0.2) is 55.0 Å². The van der Waals surface area contributed by atoms with Crippen LogP contribution in [0.2, 0.25) is 0 Å². The lowest BCUT2D eigenvalue weighted by Gasteiger charge is -2.14. The number of nitrogens with one attached hydrogen (secondary N) is 1. The molecule has 0 saturated heterocycles. The average Bonchev–Trinajstić information content (AvgIpc) is 3.44. The first-order valence-electron chi connectivity index (χ1n) is 10.6. The van der Waals surface area contributed by atoms with Crippen LogP contribution >= 0.6 is 0 Å². The number of nitrogen functional groups attached to an aromatic ring is 1. The van der Waals surface area contributed by atoms with Gasteiger partial charge in [-0.15, -0.1) is 0 Å². The molecule has 3 aromatic heterocycles. The summed E-state index contributed by atoms with van der Waals surface area (Å²) in [5, 5.41) is 2.77. The van der Waals surface area contributed by atoms with Gasteiger partial charge in [-0.3, -0.25) is 9.20 Å². The molecule has 5 rings (SSSR count). The van der Waals surface area contributed by atoms with Gasteiger partial charge in [0.05, 0.1) is 35.4 Å². The van der Waals surface area contributed by atoms with Crippen molar-refractivity contribution in [3.05, 3.63) is 66.5 Å². The minimum atomic E-state index is -0.353. The Kier molecular flexibility index (Phi) is 5.42. The van der Waals surface area contributed by atoms with E-state index >= 15 is 0 Å². The molecule has 0 aliphatic carbocycles. The summed E-state index contributed by atoms with van der Waals surface area (Å²) in [6.07, 6.45) is 3.37.